The Hall–Kier alpha value is -0.870. The molecule has 0 bridgehead atoms. The van der Waals surface area contributed by atoms with E-state index in [0.29, 0.717) is 6.42 Å². The van der Waals surface area contributed by atoms with Crippen LogP contribution in [0.3, 0.4) is 0 Å². The van der Waals surface area contributed by atoms with E-state index in [4.69, 9.17) is 0 Å². The molecule has 0 amide bonds. The van der Waals surface area contributed by atoms with Gasteiger partial charge < -0.3 is 5.11 Å². The number of hydrogen-bond acceptors (Lipinski definition) is 3. The predicted octanol–water partition coefficient (Wildman–Crippen LogP) is 1.72. The second-order valence-corrected chi connectivity index (χ2v) is 7.14. The zero-order chi connectivity index (χ0) is 12.5. The van der Waals surface area contributed by atoms with Gasteiger partial charge >= 0.3 is 0 Å². The lowest BCUT2D eigenvalue weighted by molar-refractivity contribution is 0.118. The molecule has 2 unspecified atom stereocenters. The van der Waals surface area contributed by atoms with Crippen molar-refractivity contribution in [2.45, 2.75) is 25.4 Å². The summed E-state index contributed by atoms with van der Waals surface area (Å²) >= 11 is 0. The monoisotopic (exact) mass is 254 g/mol. The molecule has 1 N–H and O–H groups in total. The Morgan fingerprint density at radius 2 is 2.06 bits per heavy atom. The smallest absolute Gasteiger partial charge is 0.147 e. The number of sulfone groups is 1. The molecule has 0 spiro atoms. The third-order valence-corrected chi connectivity index (χ3v) is 4.42. The highest BCUT2D eigenvalue weighted by Crippen LogP contribution is 2.38. The first kappa shape index (κ1) is 12.6. The standard InChI is InChI=1S/C13H18O3S/c1-17(15,16)8-4-6-11-9-10-5-2-3-7-12(10)13(11)14/h2-3,5,7,11,13-14H,4,6,8-9H2,1H3. The van der Waals surface area contributed by atoms with Crippen LogP contribution in [0.4, 0.5) is 0 Å². The first-order chi connectivity index (χ1) is 7.97. The molecule has 1 aliphatic rings. The van der Waals surface area contributed by atoms with Gasteiger partial charge in [-0.2, -0.15) is 0 Å². The highest BCUT2D eigenvalue weighted by Gasteiger charge is 2.29. The number of hydrogen-bond donors (Lipinski definition) is 1. The third-order valence-electron chi connectivity index (χ3n) is 3.39. The van der Waals surface area contributed by atoms with Crippen LogP contribution < -0.4 is 0 Å². The van der Waals surface area contributed by atoms with E-state index in [2.05, 4.69) is 0 Å². The number of rotatable bonds is 4. The molecule has 17 heavy (non-hydrogen) atoms. The van der Waals surface area contributed by atoms with Gasteiger partial charge in [-0.15, -0.1) is 0 Å². The van der Waals surface area contributed by atoms with Crippen molar-refractivity contribution in [3.05, 3.63) is 35.4 Å². The third kappa shape index (κ3) is 3.07. The van der Waals surface area contributed by atoms with Crippen LogP contribution in [0, 0.1) is 5.92 Å². The van der Waals surface area contributed by atoms with E-state index in [-0.39, 0.29) is 11.7 Å². The zero-order valence-electron chi connectivity index (χ0n) is 9.96. The minimum atomic E-state index is -2.88. The lowest BCUT2D eigenvalue weighted by Gasteiger charge is -2.14. The van der Waals surface area contributed by atoms with Crippen LogP contribution in [0.1, 0.15) is 30.1 Å². The molecule has 0 aliphatic heterocycles. The van der Waals surface area contributed by atoms with Gasteiger partial charge in [-0.1, -0.05) is 24.3 Å². The normalized spacial score (nSPS) is 23.6. The molecule has 3 nitrogen and oxygen atoms in total. The summed E-state index contributed by atoms with van der Waals surface area (Å²) in [6, 6.07) is 7.90. The number of aliphatic hydroxyl groups is 1. The van der Waals surface area contributed by atoms with E-state index in [1.807, 2.05) is 24.3 Å². The second kappa shape index (κ2) is 4.78. The van der Waals surface area contributed by atoms with E-state index >= 15 is 0 Å². The molecule has 0 radical (unpaired) electrons. The van der Waals surface area contributed by atoms with Crippen molar-refractivity contribution in [3.63, 3.8) is 0 Å². The fourth-order valence-corrected chi connectivity index (χ4v) is 3.22. The Morgan fingerprint density at radius 3 is 2.71 bits per heavy atom. The Labute approximate surface area is 102 Å². The molecule has 0 saturated heterocycles. The van der Waals surface area contributed by atoms with E-state index in [0.717, 1.165) is 18.4 Å². The highest BCUT2D eigenvalue weighted by atomic mass is 32.2. The van der Waals surface area contributed by atoms with E-state index in [9.17, 15) is 13.5 Å². The first-order valence-corrected chi connectivity index (χ1v) is 7.97. The van der Waals surface area contributed by atoms with Crippen molar-refractivity contribution in [2.24, 2.45) is 5.92 Å². The SMILES string of the molecule is CS(=O)(=O)CCCC1Cc2ccccc2C1O. The van der Waals surface area contributed by atoms with Crippen molar-refractivity contribution in [1.29, 1.82) is 0 Å². The van der Waals surface area contributed by atoms with Gasteiger partial charge in [0.2, 0.25) is 0 Å². The lowest BCUT2D eigenvalue weighted by Crippen LogP contribution is -2.10. The molecular formula is C13H18O3S. The molecule has 0 fully saturated rings. The summed E-state index contributed by atoms with van der Waals surface area (Å²) in [5, 5.41) is 10.1. The Kier molecular flexibility index (Phi) is 3.54. The highest BCUT2D eigenvalue weighted by molar-refractivity contribution is 7.90. The van der Waals surface area contributed by atoms with Gasteiger partial charge in [0, 0.05) is 12.0 Å². The van der Waals surface area contributed by atoms with Gasteiger partial charge in [0.15, 0.2) is 0 Å². The summed E-state index contributed by atoms with van der Waals surface area (Å²) in [7, 11) is -2.88. The van der Waals surface area contributed by atoms with Crippen LogP contribution in [-0.4, -0.2) is 25.5 Å². The molecule has 1 aliphatic carbocycles. The van der Waals surface area contributed by atoms with E-state index in [1.54, 1.807) is 0 Å². The van der Waals surface area contributed by atoms with Crippen LogP contribution in [0.15, 0.2) is 24.3 Å². The summed E-state index contributed by atoms with van der Waals surface area (Å²) in [4.78, 5) is 0. The fourth-order valence-electron chi connectivity index (χ4n) is 2.52. The fraction of sp³-hybridized carbons (Fsp3) is 0.538. The largest absolute Gasteiger partial charge is 0.388 e. The Balaban J connectivity index is 1.94. The maximum Gasteiger partial charge on any atom is 0.147 e. The van der Waals surface area contributed by atoms with Crippen LogP contribution in [-0.2, 0) is 16.3 Å². The maximum absolute atomic E-state index is 11.0. The maximum atomic E-state index is 11.0. The second-order valence-electron chi connectivity index (χ2n) is 4.88. The van der Waals surface area contributed by atoms with Gasteiger partial charge in [0.1, 0.15) is 9.84 Å². The molecule has 0 heterocycles. The van der Waals surface area contributed by atoms with Gasteiger partial charge in [0.05, 0.1) is 6.10 Å². The molecule has 0 saturated carbocycles. The molecular weight excluding hydrogens is 236 g/mol. The number of benzene rings is 1. The minimum Gasteiger partial charge on any atom is -0.388 e. The lowest BCUT2D eigenvalue weighted by atomic mass is 9.98. The Morgan fingerprint density at radius 1 is 1.35 bits per heavy atom. The molecule has 1 aromatic carbocycles. The van der Waals surface area contributed by atoms with E-state index < -0.39 is 15.9 Å². The van der Waals surface area contributed by atoms with Crippen LogP contribution in [0.25, 0.3) is 0 Å². The predicted molar refractivity (Wildman–Crippen MR) is 67.5 cm³/mol. The topological polar surface area (TPSA) is 54.4 Å². The summed E-state index contributed by atoms with van der Waals surface area (Å²) in [6.07, 6.45) is 3.09. The average Bonchev–Trinajstić information content (AvgIpc) is 2.55. The van der Waals surface area contributed by atoms with Gasteiger partial charge in [-0.3, -0.25) is 0 Å². The van der Waals surface area contributed by atoms with Crippen molar-refractivity contribution >= 4 is 9.84 Å². The van der Waals surface area contributed by atoms with Crippen molar-refractivity contribution in [3.8, 4) is 0 Å². The Bertz CT molecular complexity index is 493. The van der Waals surface area contributed by atoms with Crippen LogP contribution in [0.2, 0.25) is 0 Å². The molecule has 0 aromatic heterocycles. The molecule has 2 atom stereocenters. The summed E-state index contributed by atoms with van der Waals surface area (Å²) in [5.74, 6) is 0.390. The molecule has 94 valence electrons. The van der Waals surface area contributed by atoms with Crippen LogP contribution >= 0.6 is 0 Å². The molecule has 1 aromatic rings. The average molecular weight is 254 g/mol. The molecule has 4 heteroatoms. The van der Waals surface area contributed by atoms with Crippen molar-refractivity contribution < 1.29 is 13.5 Å². The summed E-state index contributed by atoms with van der Waals surface area (Å²) < 4.78 is 22.1. The number of aliphatic hydroxyl groups excluding tert-OH is 1. The van der Waals surface area contributed by atoms with Crippen molar-refractivity contribution in [2.75, 3.05) is 12.0 Å². The van der Waals surface area contributed by atoms with Gasteiger partial charge in [0.25, 0.3) is 0 Å². The quantitative estimate of drug-likeness (QED) is 0.890. The van der Waals surface area contributed by atoms with E-state index in [1.165, 1.54) is 11.8 Å². The summed E-state index contributed by atoms with van der Waals surface area (Å²) in [6.45, 7) is 0. The number of fused-ring (bicyclic) bond motifs is 1. The molecule has 2 rings (SSSR count). The van der Waals surface area contributed by atoms with Crippen molar-refractivity contribution in [1.82, 2.24) is 0 Å². The minimum absolute atomic E-state index is 0.175. The van der Waals surface area contributed by atoms with Crippen LogP contribution in [0.5, 0.6) is 0 Å². The first-order valence-electron chi connectivity index (χ1n) is 5.91. The summed E-state index contributed by atoms with van der Waals surface area (Å²) in [5.41, 5.74) is 2.21. The van der Waals surface area contributed by atoms with Gasteiger partial charge in [-0.05, 0) is 36.3 Å². The zero-order valence-corrected chi connectivity index (χ0v) is 10.8. The van der Waals surface area contributed by atoms with Gasteiger partial charge in [-0.25, -0.2) is 8.42 Å².